The summed E-state index contributed by atoms with van der Waals surface area (Å²) < 4.78 is 38.7. The van der Waals surface area contributed by atoms with E-state index >= 15 is 0 Å². The van der Waals surface area contributed by atoms with Gasteiger partial charge in [-0.3, -0.25) is 9.63 Å². The standard InChI is InChI=1S/C16H13F2IN4O3S/c1-25-4-5-26-22-16(24)9-7-12-15(21-23-27-12)13(18)14(9)20-11-3-2-8(19)6-10(11)17/h2-3,6-7,20H,4-5H2,1H3,(H,22,24). The SMILES string of the molecule is COCCONC(=O)c1cc2snnc2c(F)c1Nc1ccc(I)cc1F. The van der Waals surface area contributed by atoms with Crippen molar-refractivity contribution < 1.29 is 23.1 Å². The summed E-state index contributed by atoms with van der Waals surface area (Å²) in [6, 6.07) is 5.82. The average molecular weight is 506 g/mol. The Morgan fingerprint density at radius 3 is 2.85 bits per heavy atom. The monoisotopic (exact) mass is 506 g/mol. The highest BCUT2D eigenvalue weighted by atomic mass is 127. The van der Waals surface area contributed by atoms with Crippen LogP contribution >= 0.6 is 34.1 Å². The van der Waals surface area contributed by atoms with Crippen LogP contribution in [0, 0.1) is 15.2 Å². The average Bonchev–Trinajstić information content (AvgIpc) is 3.11. The number of hydrogen-bond donors (Lipinski definition) is 2. The Morgan fingerprint density at radius 1 is 1.30 bits per heavy atom. The highest BCUT2D eigenvalue weighted by Gasteiger charge is 2.22. The van der Waals surface area contributed by atoms with Gasteiger partial charge in [-0.15, -0.1) is 5.10 Å². The molecule has 0 spiro atoms. The Balaban J connectivity index is 1.98. The van der Waals surface area contributed by atoms with Crippen molar-refractivity contribution in [3.63, 3.8) is 0 Å². The van der Waals surface area contributed by atoms with E-state index in [4.69, 9.17) is 9.57 Å². The lowest BCUT2D eigenvalue weighted by atomic mass is 10.1. The molecule has 27 heavy (non-hydrogen) atoms. The van der Waals surface area contributed by atoms with Crippen LogP contribution in [0.4, 0.5) is 20.2 Å². The second-order valence-corrected chi connectivity index (χ2v) is 7.29. The van der Waals surface area contributed by atoms with Gasteiger partial charge in [0.1, 0.15) is 11.3 Å². The first kappa shape index (κ1) is 19.8. The van der Waals surface area contributed by atoms with E-state index in [1.54, 1.807) is 6.07 Å². The normalized spacial score (nSPS) is 11.0. The van der Waals surface area contributed by atoms with Gasteiger partial charge in [0.15, 0.2) is 5.82 Å². The zero-order valence-corrected chi connectivity index (χ0v) is 16.9. The molecule has 2 aromatic carbocycles. The number of ether oxygens (including phenoxy) is 1. The minimum absolute atomic E-state index is 0.00901. The van der Waals surface area contributed by atoms with Crippen LogP contribution in [0.2, 0.25) is 0 Å². The Hall–Kier alpha value is -1.96. The highest BCUT2D eigenvalue weighted by molar-refractivity contribution is 14.1. The topological polar surface area (TPSA) is 85.4 Å². The molecule has 3 aromatic rings. The predicted octanol–water partition coefficient (Wildman–Crippen LogP) is 3.63. The van der Waals surface area contributed by atoms with Crippen LogP contribution in [0.15, 0.2) is 24.3 Å². The van der Waals surface area contributed by atoms with Crippen molar-refractivity contribution in [3.05, 3.63) is 45.0 Å². The summed E-state index contributed by atoms with van der Waals surface area (Å²) >= 11 is 2.90. The van der Waals surface area contributed by atoms with E-state index < -0.39 is 17.5 Å². The molecule has 3 rings (SSSR count). The van der Waals surface area contributed by atoms with E-state index in [1.807, 2.05) is 22.6 Å². The van der Waals surface area contributed by atoms with Crippen molar-refractivity contribution in [3.8, 4) is 0 Å². The van der Waals surface area contributed by atoms with Crippen molar-refractivity contribution >= 4 is 61.6 Å². The molecule has 0 fully saturated rings. The Morgan fingerprint density at radius 2 is 2.11 bits per heavy atom. The molecule has 0 radical (unpaired) electrons. The maximum atomic E-state index is 14.9. The Bertz CT molecular complexity index is 986. The summed E-state index contributed by atoms with van der Waals surface area (Å²) in [5, 5.41) is 6.37. The molecule has 142 valence electrons. The first-order chi connectivity index (χ1) is 13.0. The minimum Gasteiger partial charge on any atom is -0.382 e. The van der Waals surface area contributed by atoms with E-state index in [9.17, 15) is 13.6 Å². The van der Waals surface area contributed by atoms with Gasteiger partial charge in [-0.05, 0) is 58.4 Å². The number of anilines is 2. The van der Waals surface area contributed by atoms with Crippen molar-refractivity contribution in [2.24, 2.45) is 0 Å². The number of benzene rings is 2. The van der Waals surface area contributed by atoms with Crippen molar-refractivity contribution in [2.45, 2.75) is 0 Å². The molecule has 2 N–H and O–H groups in total. The fraction of sp³-hybridized carbons (Fsp3) is 0.188. The lowest BCUT2D eigenvalue weighted by Crippen LogP contribution is -2.26. The number of carbonyl (C=O) groups excluding carboxylic acids is 1. The number of rotatable bonds is 7. The number of aromatic nitrogens is 2. The molecule has 0 atom stereocenters. The lowest BCUT2D eigenvalue weighted by molar-refractivity contribution is 0.00893. The molecule has 1 aromatic heterocycles. The largest absolute Gasteiger partial charge is 0.382 e. The number of nitrogens with one attached hydrogen (secondary N) is 2. The van der Waals surface area contributed by atoms with Gasteiger partial charge in [0.2, 0.25) is 0 Å². The fourth-order valence-corrected chi connectivity index (χ4v) is 3.26. The van der Waals surface area contributed by atoms with Crippen LogP contribution in [0.3, 0.4) is 0 Å². The van der Waals surface area contributed by atoms with Crippen molar-refractivity contribution in [2.75, 3.05) is 25.6 Å². The lowest BCUT2D eigenvalue weighted by Gasteiger charge is -2.14. The Kier molecular flexibility index (Phi) is 6.46. The summed E-state index contributed by atoms with van der Waals surface area (Å²) in [5.74, 6) is -2.09. The highest BCUT2D eigenvalue weighted by Crippen LogP contribution is 2.32. The van der Waals surface area contributed by atoms with Gasteiger partial charge >= 0.3 is 0 Å². The third kappa shape index (κ3) is 4.48. The maximum absolute atomic E-state index is 14.9. The second kappa shape index (κ2) is 8.82. The van der Waals surface area contributed by atoms with E-state index in [2.05, 4.69) is 20.4 Å². The van der Waals surface area contributed by atoms with Gasteiger partial charge in [0.05, 0.1) is 34.9 Å². The molecule has 7 nitrogen and oxygen atoms in total. The van der Waals surface area contributed by atoms with Gasteiger partial charge in [0.25, 0.3) is 5.91 Å². The third-order valence-corrected chi connectivity index (χ3v) is 4.82. The number of methoxy groups -OCH3 is 1. The summed E-state index contributed by atoms with van der Waals surface area (Å²) in [7, 11) is 1.49. The molecule has 11 heteroatoms. The van der Waals surface area contributed by atoms with E-state index in [0.717, 1.165) is 11.5 Å². The van der Waals surface area contributed by atoms with E-state index in [1.165, 1.54) is 25.3 Å². The molecule has 1 amide bonds. The first-order valence-corrected chi connectivity index (χ1v) is 9.44. The van der Waals surface area contributed by atoms with Crippen molar-refractivity contribution in [1.82, 2.24) is 15.1 Å². The molecule has 1 heterocycles. The summed E-state index contributed by atoms with van der Waals surface area (Å²) in [4.78, 5) is 17.5. The number of nitrogens with zero attached hydrogens (tertiary/aromatic N) is 2. The first-order valence-electron chi connectivity index (χ1n) is 7.59. The molecular weight excluding hydrogens is 493 g/mol. The molecule has 0 bridgehead atoms. The minimum atomic E-state index is -0.804. The molecule has 0 aliphatic heterocycles. The number of hydroxylamine groups is 1. The molecule has 0 saturated heterocycles. The maximum Gasteiger partial charge on any atom is 0.277 e. The number of halogens is 3. The molecule has 0 unspecified atom stereocenters. The quantitative estimate of drug-likeness (QED) is 0.290. The smallest absolute Gasteiger partial charge is 0.277 e. The number of amides is 1. The van der Waals surface area contributed by atoms with Crippen LogP contribution in [0.1, 0.15) is 10.4 Å². The third-order valence-electron chi connectivity index (χ3n) is 3.48. The molecule has 0 aliphatic rings. The van der Waals surface area contributed by atoms with Gasteiger partial charge < -0.3 is 10.1 Å². The predicted molar refractivity (Wildman–Crippen MR) is 105 cm³/mol. The van der Waals surface area contributed by atoms with Gasteiger partial charge in [-0.25, -0.2) is 14.3 Å². The Labute approximate surface area is 170 Å². The summed E-state index contributed by atoms with van der Waals surface area (Å²) in [5.41, 5.74) is 1.93. The molecule has 0 saturated carbocycles. The fourth-order valence-electron chi connectivity index (χ4n) is 2.21. The molecular formula is C16H13F2IN4O3S. The van der Waals surface area contributed by atoms with Gasteiger partial charge in [-0.1, -0.05) is 4.49 Å². The summed E-state index contributed by atoms with van der Waals surface area (Å²) in [6.45, 7) is 0.384. The van der Waals surface area contributed by atoms with Crippen LogP contribution in [-0.2, 0) is 9.57 Å². The number of hydrogen-bond acceptors (Lipinski definition) is 7. The molecule has 0 aliphatic carbocycles. The van der Waals surface area contributed by atoms with E-state index in [0.29, 0.717) is 8.27 Å². The van der Waals surface area contributed by atoms with Crippen LogP contribution in [0.25, 0.3) is 10.2 Å². The van der Waals surface area contributed by atoms with Gasteiger partial charge in [-0.2, -0.15) is 0 Å². The second-order valence-electron chi connectivity index (χ2n) is 5.25. The summed E-state index contributed by atoms with van der Waals surface area (Å²) in [6.07, 6.45) is 0. The zero-order chi connectivity index (χ0) is 19.4. The zero-order valence-electron chi connectivity index (χ0n) is 13.9. The van der Waals surface area contributed by atoms with Crippen LogP contribution in [-0.4, -0.2) is 35.8 Å². The van der Waals surface area contributed by atoms with E-state index in [-0.39, 0.29) is 35.7 Å². The number of carbonyl (C=O) groups is 1. The van der Waals surface area contributed by atoms with Crippen molar-refractivity contribution in [1.29, 1.82) is 0 Å². The van der Waals surface area contributed by atoms with Gasteiger partial charge in [0, 0.05) is 10.7 Å². The van der Waals surface area contributed by atoms with Crippen LogP contribution < -0.4 is 10.8 Å². The van der Waals surface area contributed by atoms with Crippen LogP contribution in [0.5, 0.6) is 0 Å². The number of fused-ring (bicyclic) bond motifs is 1.